The molecule has 1 fully saturated rings. The van der Waals surface area contributed by atoms with Crippen LogP contribution in [0.1, 0.15) is 12.8 Å². The Morgan fingerprint density at radius 3 is 2.06 bits per heavy atom. The van der Waals surface area contributed by atoms with Crippen LogP contribution in [0.4, 0.5) is 13.2 Å². The summed E-state index contributed by atoms with van der Waals surface area (Å²) in [6, 6.07) is 5.52. The van der Waals surface area contributed by atoms with Gasteiger partial charge in [0.15, 0.2) is 0 Å². The van der Waals surface area contributed by atoms with Crippen molar-refractivity contribution in [3.8, 4) is 11.5 Å². The Labute approximate surface area is 96.3 Å². The lowest BCUT2D eigenvalue weighted by molar-refractivity contribution is -0.274. The van der Waals surface area contributed by atoms with Crippen LogP contribution in [0.3, 0.4) is 0 Å². The van der Waals surface area contributed by atoms with Crippen LogP contribution in [0.2, 0.25) is 0 Å². The molecule has 94 valence electrons. The van der Waals surface area contributed by atoms with Gasteiger partial charge in [0.1, 0.15) is 17.6 Å². The number of alkyl halides is 3. The Balaban J connectivity index is 1.89. The highest BCUT2D eigenvalue weighted by Gasteiger charge is 2.31. The average molecular weight is 247 g/mol. The molecule has 1 saturated carbocycles. The number of halogens is 3. The van der Waals surface area contributed by atoms with Crippen molar-refractivity contribution >= 4 is 0 Å². The second-order valence-electron chi connectivity index (χ2n) is 3.99. The molecule has 1 aliphatic carbocycles. The van der Waals surface area contributed by atoms with Gasteiger partial charge in [-0.3, -0.25) is 0 Å². The minimum atomic E-state index is -4.66. The van der Waals surface area contributed by atoms with Gasteiger partial charge in [-0.1, -0.05) is 0 Å². The van der Waals surface area contributed by atoms with Gasteiger partial charge >= 0.3 is 6.36 Å². The fourth-order valence-electron chi connectivity index (χ4n) is 1.61. The van der Waals surface area contributed by atoms with E-state index < -0.39 is 6.36 Å². The summed E-state index contributed by atoms with van der Waals surface area (Å²) in [5.74, 6) is 0.270. The molecule has 2 N–H and O–H groups in total. The highest BCUT2D eigenvalue weighted by atomic mass is 19.4. The van der Waals surface area contributed by atoms with Gasteiger partial charge < -0.3 is 15.2 Å². The third-order valence-corrected chi connectivity index (χ3v) is 2.49. The predicted octanol–water partition coefficient (Wildman–Crippen LogP) is 2.45. The second-order valence-corrected chi connectivity index (χ2v) is 3.99. The first-order chi connectivity index (χ1) is 7.92. The SMILES string of the molecule is NC1CC(Oc2ccc(OC(F)(F)F)cc2)C1. The fraction of sp³-hybridized carbons (Fsp3) is 0.455. The summed E-state index contributed by atoms with van der Waals surface area (Å²) in [6.07, 6.45) is -3.04. The third kappa shape index (κ3) is 3.52. The Morgan fingerprint density at radius 2 is 1.59 bits per heavy atom. The lowest BCUT2D eigenvalue weighted by Crippen LogP contribution is -2.43. The summed E-state index contributed by atoms with van der Waals surface area (Å²) in [4.78, 5) is 0. The van der Waals surface area contributed by atoms with E-state index in [1.54, 1.807) is 0 Å². The average Bonchev–Trinajstić information content (AvgIpc) is 2.16. The zero-order chi connectivity index (χ0) is 12.5. The van der Waals surface area contributed by atoms with E-state index in [1.165, 1.54) is 24.3 Å². The van der Waals surface area contributed by atoms with Gasteiger partial charge in [0.05, 0.1) is 0 Å². The molecular formula is C11H12F3NO2. The molecule has 0 atom stereocenters. The molecule has 0 aliphatic heterocycles. The number of hydrogen-bond acceptors (Lipinski definition) is 3. The maximum Gasteiger partial charge on any atom is 0.573 e. The summed E-state index contributed by atoms with van der Waals surface area (Å²) >= 11 is 0. The van der Waals surface area contributed by atoms with Crippen molar-refractivity contribution in [1.29, 1.82) is 0 Å². The summed E-state index contributed by atoms with van der Waals surface area (Å²) in [6.45, 7) is 0. The Bertz CT molecular complexity index is 371. The highest BCUT2D eigenvalue weighted by Crippen LogP contribution is 2.28. The number of nitrogens with two attached hydrogens (primary N) is 1. The zero-order valence-electron chi connectivity index (χ0n) is 8.91. The molecule has 0 spiro atoms. The number of rotatable bonds is 3. The molecule has 0 radical (unpaired) electrons. The molecule has 0 bridgehead atoms. The van der Waals surface area contributed by atoms with Gasteiger partial charge in [0.2, 0.25) is 0 Å². The summed E-state index contributed by atoms with van der Waals surface area (Å²) in [5.41, 5.74) is 5.59. The monoisotopic (exact) mass is 247 g/mol. The number of hydrogen-bond donors (Lipinski definition) is 1. The first kappa shape index (κ1) is 12.0. The normalized spacial score (nSPS) is 24.0. The van der Waals surface area contributed by atoms with Gasteiger partial charge in [-0.15, -0.1) is 13.2 Å². The minimum absolute atomic E-state index is 0.0689. The molecule has 0 saturated heterocycles. The van der Waals surface area contributed by atoms with Gasteiger partial charge in [-0.05, 0) is 37.1 Å². The molecule has 0 amide bonds. The molecule has 0 heterocycles. The van der Waals surface area contributed by atoms with Crippen LogP contribution in [-0.2, 0) is 0 Å². The molecular weight excluding hydrogens is 235 g/mol. The Morgan fingerprint density at radius 1 is 1.06 bits per heavy atom. The van der Waals surface area contributed by atoms with Crippen molar-refractivity contribution in [3.05, 3.63) is 24.3 Å². The van der Waals surface area contributed by atoms with E-state index in [0.29, 0.717) is 5.75 Å². The lowest BCUT2D eigenvalue weighted by atomic mass is 9.90. The zero-order valence-corrected chi connectivity index (χ0v) is 8.91. The van der Waals surface area contributed by atoms with E-state index >= 15 is 0 Å². The van der Waals surface area contributed by atoms with Crippen LogP contribution in [0.15, 0.2) is 24.3 Å². The molecule has 0 aromatic heterocycles. The quantitative estimate of drug-likeness (QED) is 0.892. The topological polar surface area (TPSA) is 44.5 Å². The fourth-order valence-corrected chi connectivity index (χ4v) is 1.61. The van der Waals surface area contributed by atoms with E-state index in [0.717, 1.165) is 12.8 Å². The summed E-state index contributed by atoms with van der Waals surface area (Å²) in [5, 5.41) is 0. The second kappa shape index (κ2) is 4.44. The predicted molar refractivity (Wildman–Crippen MR) is 54.8 cm³/mol. The Hall–Kier alpha value is -1.43. The van der Waals surface area contributed by atoms with Crippen LogP contribution < -0.4 is 15.2 Å². The van der Waals surface area contributed by atoms with Gasteiger partial charge in [-0.2, -0.15) is 0 Å². The maximum atomic E-state index is 11.9. The first-order valence-electron chi connectivity index (χ1n) is 5.20. The smallest absolute Gasteiger partial charge is 0.490 e. The van der Waals surface area contributed by atoms with E-state index in [9.17, 15) is 13.2 Å². The molecule has 2 rings (SSSR count). The van der Waals surface area contributed by atoms with Crippen LogP contribution in [0.25, 0.3) is 0 Å². The van der Waals surface area contributed by atoms with Gasteiger partial charge in [0.25, 0.3) is 0 Å². The van der Waals surface area contributed by atoms with E-state index in [4.69, 9.17) is 10.5 Å². The van der Waals surface area contributed by atoms with Crippen molar-refractivity contribution in [2.24, 2.45) is 5.73 Å². The van der Waals surface area contributed by atoms with Crippen molar-refractivity contribution in [2.45, 2.75) is 31.3 Å². The van der Waals surface area contributed by atoms with Crippen LogP contribution in [0, 0.1) is 0 Å². The van der Waals surface area contributed by atoms with Gasteiger partial charge in [-0.25, -0.2) is 0 Å². The highest BCUT2D eigenvalue weighted by molar-refractivity contribution is 5.31. The molecule has 1 aromatic rings. The van der Waals surface area contributed by atoms with Crippen LogP contribution in [-0.4, -0.2) is 18.5 Å². The van der Waals surface area contributed by atoms with Crippen molar-refractivity contribution in [3.63, 3.8) is 0 Å². The number of ether oxygens (including phenoxy) is 2. The first-order valence-corrected chi connectivity index (χ1v) is 5.20. The van der Waals surface area contributed by atoms with E-state index in [1.807, 2.05) is 0 Å². The lowest BCUT2D eigenvalue weighted by Gasteiger charge is -2.32. The molecule has 1 aliphatic rings. The van der Waals surface area contributed by atoms with E-state index in [2.05, 4.69) is 4.74 Å². The van der Waals surface area contributed by atoms with Crippen LogP contribution in [0.5, 0.6) is 11.5 Å². The minimum Gasteiger partial charge on any atom is -0.490 e. The van der Waals surface area contributed by atoms with Crippen LogP contribution >= 0.6 is 0 Å². The summed E-state index contributed by atoms with van der Waals surface area (Å²) in [7, 11) is 0. The molecule has 1 aromatic carbocycles. The van der Waals surface area contributed by atoms with Crippen molar-refractivity contribution in [1.82, 2.24) is 0 Å². The largest absolute Gasteiger partial charge is 0.573 e. The van der Waals surface area contributed by atoms with Crippen molar-refractivity contribution in [2.75, 3.05) is 0 Å². The van der Waals surface area contributed by atoms with Crippen molar-refractivity contribution < 1.29 is 22.6 Å². The standard InChI is InChI=1S/C11H12F3NO2/c12-11(13,14)17-9-3-1-8(2-4-9)16-10-5-7(15)6-10/h1-4,7,10H,5-6,15H2. The Kier molecular flexibility index (Phi) is 3.15. The summed E-state index contributed by atoms with van der Waals surface area (Å²) < 4.78 is 44.9. The maximum absolute atomic E-state index is 11.9. The third-order valence-electron chi connectivity index (χ3n) is 2.49. The molecule has 6 heteroatoms. The number of benzene rings is 1. The molecule has 17 heavy (non-hydrogen) atoms. The molecule has 3 nitrogen and oxygen atoms in total. The molecule has 0 unspecified atom stereocenters. The van der Waals surface area contributed by atoms with Gasteiger partial charge in [0, 0.05) is 6.04 Å². The van der Waals surface area contributed by atoms with E-state index in [-0.39, 0.29) is 17.9 Å².